The van der Waals surface area contributed by atoms with Crippen molar-refractivity contribution in [3.63, 3.8) is 0 Å². The SMILES string of the molecule is CC1(C)c2ccccc2-c2cc3c4c(-c5ccc(-n6c7ccccc7c7cc(-c8ccccc8)ccc76)c6oc7c([Si](C)(C)C)cccc7c56)cccc4n(-c4cccc5c4oc4c([Si](C)(C)C)cccc45)c3cc21. The third-order valence-electron chi connectivity index (χ3n) is 16.8. The average Bonchev–Trinajstić information content (AvgIpc) is 4.36. The molecule has 0 bridgehead atoms. The summed E-state index contributed by atoms with van der Waals surface area (Å²) in [6, 6.07) is 72.5. The lowest BCUT2D eigenvalue weighted by Gasteiger charge is -2.21. The van der Waals surface area contributed by atoms with Gasteiger partial charge in [-0.2, -0.15) is 0 Å². The minimum Gasteiger partial charge on any atom is -0.454 e. The van der Waals surface area contributed by atoms with Gasteiger partial charge in [0.2, 0.25) is 0 Å². The van der Waals surface area contributed by atoms with Crippen molar-refractivity contribution in [2.75, 3.05) is 0 Å². The topological polar surface area (TPSA) is 36.1 Å². The third kappa shape index (κ3) is 6.21. The summed E-state index contributed by atoms with van der Waals surface area (Å²) in [5.41, 5.74) is 20.4. The van der Waals surface area contributed by atoms with E-state index >= 15 is 0 Å². The first kappa shape index (κ1) is 44.3. The van der Waals surface area contributed by atoms with Gasteiger partial charge in [-0.1, -0.05) is 199 Å². The van der Waals surface area contributed by atoms with Crippen LogP contribution in [0.2, 0.25) is 39.3 Å². The Bertz CT molecular complexity index is 4760. The Morgan fingerprint density at radius 2 is 0.907 bits per heavy atom. The van der Waals surface area contributed by atoms with Gasteiger partial charge in [0, 0.05) is 48.5 Å². The van der Waals surface area contributed by atoms with Crippen molar-refractivity contribution >= 4 is 114 Å². The van der Waals surface area contributed by atoms with Gasteiger partial charge in [-0.15, -0.1) is 0 Å². The summed E-state index contributed by atoms with van der Waals surface area (Å²) in [6.07, 6.45) is 0. The highest BCUT2D eigenvalue weighted by molar-refractivity contribution is 6.90. The van der Waals surface area contributed by atoms with E-state index in [2.05, 4.69) is 256 Å². The predicted octanol–water partition coefficient (Wildman–Crippen LogP) is 18.4. The first-order valence-corrected chi connectivity index (χ1v) is 33.5. The number of para-hydroxylation sites is 4. The normalized spacial score (nSPS) is 13.7. The first-order valence-electron chi connectivity index (χ1n) is 26.5. The maximum atomic E-state index is 7.52. The molecule has 0 saturated carbocycles. The molecule has 6 heteroatoms. The minimum atomic E-state index is -1.89. The van der Waals surface area contributed by atoms with Crippen molar-refractivity contribution in [3.05, 3.63) is 205 Å². The van der Waals surface area contributed by atoms with Crippen molar-refractivity contribution in [1.82, 2.24) is 9.13 Å². The molecule has 0 amide bonds. The van der Waals surface area contributed by atoms with Gasteiger partial charge >= 0.3 is 0 Å². The number of fused-ring (bicyclic) bond motifs is 15. The summed E-state index contributed by atoms with van der Waals surface area (Å²) in [5.74, 6) is 0. The summed E-state index contributed by atoms with van der Waals surface area (Å²) >= 11 is 0. The summed E-state index contributed by atoms with van der Waals surface area (Å²) in [4.78, 5) is 0. The minimum absolute atomic E-state index is 0.191. The Labute approximate surface area is 438 Å². The fourth-order valence-corrected chi connectivity index (χ4v) is 16.2. The van der Waals surface area contributed by atoms with Crippen LogP contribution in [-0.2, 0) is 5.41 Å². The fourth-order valence-electron chi connectivity index (χ4n) is 13.2. The molecule has 4 heterocycles. The van der Waals surface area contributed by atoms with Crippen molar-refractivity contribution < 1.29 is 8.83 Å². The van der Waals surface area contributed by atoms with Crippen molar-refractivity contribution in [3.8, 4) is 44.8 Å². The number of benzene rings is 10. The van der Waals surface area contributed by atoms with E-state index in [9.17, 15) is 0 Å². The maximum absolute atomic E-state index is 7.52. The van der Waals surface area contributed by atoms with Crippen LogP contribution in [0.5, 0.6) is 0 Å². The number of nitrogens with zero attached hydrogens (tertiary/aromatic N) is 2. The molecule has 0 aliphatic heterocycles. The van der Waals surface area contributed by atoms with Gasteiger partial charge in [0.15, 0.2) is 11.2 Å². The van der Waals surface area contributed by atoms with Crippen LogP contribution >= 0.6 is 0 Å². The Kier molecular flexibility index (Phi) is 9.13. The highest BCUT2D eigenvalue weighted by atomic mass is 28.3. The van der Waals surface area contributed by atoms with E-state index < -0.39 is 16.1 Å². The zero-order valence-corrected chi connectivity index (χ0v) is 45.7. The molecule has 14 aromatic rings. The lowest BCUT2D eigenvalue weighted by molar-refractivity contribution is 0.660. The molecule has 0 atom stereocenters. The molecule has 0 saturated heterocycles. The molecular weight excluding hydrogens is 945 g/mol. The number of hydrogen-bond acceptors (Lipinski definition) is 2. The van der Waals surface area contributed by atoms with Gasteiger partial charge in [-0.3, -0.25) is 0 Å². The van der Waals surface area contributed by atoms with E-state index in [0.29, 0.717) is 0 Å². The van der Waals surface area contributed by atoms with Crippen LogP contribution in [0.1, 0.15) is 25.0 Å². The Hall–Kier alpha value is -8.17. The molecule has 0 N–H and O–H groups in total. The molecule has 0 unspecified atom stereocenters. The van der Waals surface area contributed by atoms with Gasteiger partial charge in [0.25, 0.3) is 0 Å². The summed E-state index contributed by atoms with van der Waals surface area (Å²) < 4.78 is 19.7. The van der Waals surface area contributed by atoms with Gasteiger partial charge in [-0.25, -0.2) is 0 Å². The van der Waals surface area contributed by atoms with Gasteiger partial charge in [-0.05, 0) is 103 Å². The molecule has 10 aromatic carbocycles. The molecule has 15 rings (SSSR count). The quantitative estimate of drug-likeness (QED) is 0.156. The monoisotopic (exact) mass is 1000 g/mol. The van der Waals surface area contributed by atoms with Gasteiger partial charge < -0.3 is 18.0 Å². The van der Waals surface area contributed by atoms with Crippen molar-refractivity contribution in [1.29, 1.82) is 0 Å². The second-order valence-corrected chi connectivity index (χ2v) is 33.7. The van der Waals surface area contributed by atoms with Gasteiger partial charge in [0.1, 0.15) is 11.2 Å². The Morgan fingerprint density at radius 1 is 0.333 bits per heavy atom. The van der Waals surface area contributed by atoms with E-state index in [4.69, 9.17) is 8.83 Å². The summed E-state index contributed by atoms with van der Waals surface area (Å²) in [7, 11) is -3.65. The lowest BCUT2D eigenvalue weighted by atomic mass is 9.82. The van der Waals surface area contributed by atoms with E-state index in [-0.39, 0.29) is 5.41 Å². The third-order valence-corrected chi connectivity index (χ3v) is 20.8. The number of rotatable bonds is 6. The zero-order chi connectivity index (χ0) is 50.9. The van der Waals surface area contributed by atoms with Crippen LogP contribution in [0.3, 0.4) is 0 Å². The molecule has 0 spiro atoms. The Morgan fingerprint density at radius 3 is 1.69 bits per heavy atom. The number of furan rings is 2. The molecule has 4 aromatic heterocycles. The summed E-state index contributed by atoms with van der Waals surface area (Å²) in [6.45, 7) is 19.3. The smallest absolute Gasteiger partial charge is 0.160 e. The van der Waals surface area contributed by atoms with Crippen LogP contribution in [-0.4, -0.2) is 25.3 Å². The molecule has 0 radical (unpaired) electrons. The van der Waals surface area contributed by atoms with E-state index in [1.165, 1.54) is 81.8 Å². The number of aromatic nitrogens is 2. The van der Waals surface area contributed by atoms with Crippen molar-refractivity contribution in [2.24, 2.45) is 0 Å². The maximum Gasteiger partial charge on any atom is 0.160 e. The van der Waals surface area contributed by atoms with E-state index in [0.717, 1.165) is 72.0 Å². The van der Waals surface area contributed by atoms with Crippen LogP contribution in [0, 0.1) is 0 Å². The lowest BCUT2D eigenvalue weighted by Crippen LogP contribution is -2.37. The van der Waals surface area contributed by atoms with E-state index in [1.807, 2.05) is 0 Å². The molecule has 75 heavy (non-hydrogen) atoms. The first-order chi connectivity index (χ1) is 36.3. The Balaban J connectivity index is 1.06. The zero-order valence-electron chi connectivity index (χ0n) is 43.7. The van der Waals surface area contributed by atoms with Crippen LogP contribution in [0.4, 0.5) is 0 Å². The predicted molar refractivity (Wildman–Crippen MR) is 324 cm³/mol. The molecule has 0 fully saturated rings. The van der Waals surface area contributed by atoms with Crippen LogP contribution < -0.4 is 10.4 Å². The highest BCUT2D eigenvalue weighted by Crippen LogP contribution is 2.53. The molecule has 1 aliphatic carbocycles. The van der Waals surface area contributed by atoms with Crippen LogP contribution in [0.25, 0.3) is 132 Å². The second-order valence-electron chi connectivity index (χ2n) is 23.6. The molecule has 1 aliphatic rings. The molecule has 4 nitrogen and oxygen atoms in total. The molecule has 362 valence electrons. The van der Waals surface area contributed by atoms with Gasteiger partial charge in [0.05, 0.1) is 49.6 Å². The average molecular weight is 1000 g/mol. The van der Waals surface area contributed by atoms with E-state index in [1.54, 1.807) is 0 Å². The highest BCUT2D eigenvalue weighted by Gasteiger charge is 2.37. The fraction of sp³-hybridized carbons (Fsp3) is 0.130. The van der Waals surface area contributed by atoms with Crippen molar-refractivity contribution in [2.45, 2.75) is 58.5 Å². The van der Waals surface area contributed by atoms with Crippen LogP contribution in [0.15, 0.2) is 203 Å². The second kappa shape index (κ2) is 15.4. The molecular formula is C69H56N2O2Si2. The number of hydrogen-bond donors (Lipinski definition) is 0. The summed E-state index contributed by atoms with van der Waals surface area (Å²) in [5, 5.41) is 12.1. The standard InChI is InChI=1S/C69H56N2O2Si2/c1-69(2)53-28-14-12-22-43(53)50-39-52-60(40-54(50)69)71(58-31-17-25-47-48-26-18-32-61(74(3,4)5)66(48)72-65(47)58)57-30-16-24-45(63(52)57)46-35-37-59(68-64(46)49-27-19-33-62(67(49)73-68)75(6,7)8)70-55-29-15-13-23-44(55)51-38-42(34-36-56(51)70)41-20-10-9-11-21-41/h9-40H,1-8H3. The largest absolute Gasteiger partial charge is 0.454 e.